The van der Waals surface area contributed by atoms with Gasteiger partial charge in [0.15, 0.2) is 0 Å². The van der Waals surface area contributed by atoms with Gasteiger partial charge in [-0.05, 0) is 31.0 Å². The molecule has 2 N–H and O–H groups in total. The predicted molar refractivity (Wildman–Crippen MR) is 61.5 cm³/mol. The summed E-state index contributed by atoms with van der Waals surface area (Å²) in [7, 11) is 0. The number of nitrogens with zero attached hydrogens (tertiary/aromatic N) is 1. The smallest absolute Gasteiger partial charge is 0.310 e. The van der Waals surface area contributed by atoms with Crippen LogP contribution < -0.4 is 0 Å². The van der Waals surface area contributed by atoms with Crippen LogP contribution in [0, 0.1) is 0 Å². The highest BCUT2D eigenvalue weighted by Crippen LogP contribution is 2.23. The molecule has 1 unspecified atom stereocenters. The second-order valence-electron chi connectivity index (χ2n) is 3.89. The van der Waals surface area contributed by atoms with Crippen molar-refractivity contribution < 1.29 is 9.90 Å². The lowest BCUT2D eigenvalue weighted by Crippen LogP contribution is -2.07. The number of nitrogens with one attached hydrogen (secondary N) is 1. The average molecular weight is 218 g/mol. The number of aryl methyl sites for hydroxylation is 1. The second-order valence-corrected chi connectivity index (χ2v) is 3.89. The second kappa shape index (κ2) is 3.96. The first kappa shape index (κ1) is 10.7. The lowest BCUT2D eigenvalue weighted by Gasteiger charge is -2.06. The summed E-state index contributed by atoms with van der Waals surface area (Å²) in [5.41, 5.74) is 2.75. The number of rotatable bonds is 3. The molecule has 0 fully saturated rings. The van der Waals surface area contributed by atoms with Crippen molar-refractivity contribution in [1.29, 1.82) is 0 Å². The number of aliphatic carboxylic acids is 1. The molecular formula is C12H14N2O2. The van der Waals surface area contributed by atoms with Crippen molar-refractivity contribution in [3.05, 3.63) is 29.5 Å². The van der Waals surface area contributed by atoms with E-state index < -0.39 is 11.9 Å². The van der Waals surface area contributed by atoms with Gasteiger partial charge < -0.3 is 5.11 Å². The Morgan fingerprint density at radius 2 is 2.31 bits per heavy atom. The number of aromatic nitrogens is 2. The van der Waals surface area contributed by atoms with Crippen molar-refractivity contribution in [3.8, 4) is 0 Å². The van der Waals surface area contributed by atoms with Crippen molar-refractivity contribution >= 4 is 16.9 Å². The zero-order valence-electron chi connectivity index (χ0n) is 9.32. The fraction of sp³-hybridized carbons (Fsp3) is 0.333. The Kier molecular flexibility index (Phi) is 2.64. The quantitative estimate of drug-likeness (QED) is 0.830. The summed E-state index contributed by atoms with van der Waals surface area (Å²) in [4.78, 5) is 10.9. The van der Waals surface area contributed by atoms with Crippen LogP contribution in [0.25, 0.3) is 10.9 Å². The number of carboxylic acid groups (broad SMARTS) is 1. The SMILES string of the molecule is CCc1[nH]nc2ccc(C(C)C(=O)O)cc12. The van der Waals surface area contributed by atoms with Crippen molar-refractivity contribution in [2.75, 3.05) is 0 Å². The number of carbonyl (C=O) groups is 1. The van der Waals surface area contributed by atoms with E-state index in [9.17, 15) is 4.79 Å². The van der Waals surface area contributed by atoms with Gasteiger partial charge in [-0.1, -0.05) is 13.0 Å². The molecule has 1 heterocycles. The molecule has 0 aliphatic rings. The van der Waals surface area contributed by atoms with Gasteiger partial charge in [0.05, 0.1) is 11.4 Å². The average Bonchev–Trinajstić information content (AvgIpc) is 2.69. The summed E-state index contributed by atoms with van der Waals surface area (Å²) in [5.74, 6) is -1.29. The largest absolute Gasteiger partial charge is 0.481 e. The molecule has 0 spiro atoms. The van der Waals surface area contributed by atoms with Gasteiger partial charge in [0, 0.05) is 11.1 Å². The van der Waals surface area contributed by atoms with Gasteiger partial charge in [0.2, 0.25) is 0 Å². The normalized spacial score (nSPS) is 12.9. The third-order valence-corrected chi connectivity index (χ3v) is 2.88. The third-order valence-electron chi connectivity index (χ3n) is 2.88. The number of fused-ring (bicyclic) bond motifs is 1. The zero-order valence-corrected chi connectivity index (χ0v) is 9.32. The monoisotopic (exact) mass is 218 g/mol. The van der Waals surface area contributed by atoms with E-state index in [0.717, 1.165) is 28.6 Å². The molecule has 0 radical (unpaired) electrons. The minimum atomic E-state index is -0.805. The van der Waals surface area contributed by atoms with Crippen LogP contribution in [0.2, 0.25) is 0 Å². The summed E-state index contributed by atoms with van der Waals surface area (Å²) < 4.78 is 0. The Morgan fingerprint density at radius 1 is 1.56 bits per heavy atom. The van der Waals surface area contributed by atoms with E-state index in [2.05, 4.69) is 10.2 Å². The number of H-pyrrole nitrogens is 1. The topological polar surface area (TPSA) is 66.0 Å². The summed E-state index contributed by atoms with van der Waals surface area (Å²) in [5, 5.41) is 17.1. The van der Waals surface area contributed by atoms with E-state index >= 15 is 0 Å². The van der Waals surface area contributed by atoms with Crippen LogP contribution in [-0.4, -0.2) is 21.3 Å². The molecule has 2 rings (SSSR count). The lowest BCUT2D eigenvalue weighted by atomic mass is 9.99. The fourth-order valence-electron chi connectivity index (χ4n) is 1.76. The highest BCUT2D eigenvalue weighted by molar-refractivity contribution is 5.84. The molecule has 1 atom stereocenters. The summed E-state index contributed by atoms with van der Waals surface area (Å²) in [6, 6.07) is 5.59. The van der Waals surface area contributed by atoms with E-state index in [1.165, 1.54) is 0 Å². The van der Waals surface area contributed by atoms with Crippen LogP contribution in [-0.2, 0) is 11.2 Å². The van der Waals surface area contributed by atoms with Gasteiger partial charge in [-0.25, -0.2) is 0 Å². The molecule has 1 aromatic heterocycles. The van der Waals surface area contributed by atoms with Gasteiger partial charge in [-0.2, -0.15) is 5.10 Å². The maximum atomic E-state index is 10.9. The number of benzene rings is 1. The van der Waals surface area contributed by atoms with Crippen LogP contribution in [0.4, 0.5) is 0 Å². The molecule has 84 valence electrons. The van der Waals surface area contributed by atoms with E-state index in [0.29, 0.717) is 0 Å². The van der Waals surface area contributed by atoms with E-state index in [4.69, 9.17) is 5.11 Å². The van der Waals surface area contributed by atoms with Crippen LogP contribution >= 0.6 is 0 Å². The minimum absolute atomic E-state index is 0.482. The minimum Gasteiger partial charge on any atom is -0.481 e. The number of hydrogen-bond acceptors (Lipinski definition) is 2. The molecule has 2 aromatic rings. The molecule has 16 heavy (non-hydrogen) atoms. The first-order valence-corrected chi connectivity index (χ1v) is 5.33. The molecule has 0 aliphatic carbocycles. The first-order valence-electron chi connectivity index (χ1n) is 5.33. The van der Waals surface area contributed by atoms with Gasteiger partial charge in [-0.3, -0.25) is 9.89 Å². The summed E-state index contributed by atoms with van der Waals surface area (Å²) >= 11 is 0. The number of carboxylic acids is 1. The number of hydrogen-bond donors (Lipinski definition) is 2. The van der Waals surface area contributed by atoms with Crippen LogP contribution in [0.15, 0.2) is 18.2 Å². The van der Waals surface area contributed by atoms with Crippen molar-refractivity contribution in [1.82, 2.24) is 10.2 Å². The highest BCUT2D eigenvalue weighted by atomic mass is 16.4. The van der Waals surface area contributed by atoms with E-state index in [-0.39, 0.29) is 0 Å². The summed E-state index contributed by atoms with van der Waals surface area (Å²) in [6.45, 7) is 3.73. The first-order chi connectivity index (χ1) is 7.63. The van der Waals surface area contributed by atoms with Crippen LogP contribution in [0.3, 0.4) is 0 Å². The Hall–Kier alpha value is -1.84. The maximum Gasteiger partial charge on any atom is 0.310 e. The molecule has 4 nitrogen and oxygen atoms in total. The van der Waals surface area contributed by atoms with Crippen molar-refractivity contribution in [2.45, 2.75) is 26.2 Å². The van der Waals surface area contributed by atoms with Crippen molar-refractivity contribution in [3.63, 3.8) is 0 Å². The Morgan fingerprint density at radius 3 is 2.94 bits per heavy atom. The van der Waals surface area contributed by atoms with Gasteiger partial charge in [0.25, 0.3) is 0 Å². The summed E-state index contributed by atoms with van der Waals surface area (Å²) in [6.07, 6.45) is 0.863. The Labute approximate surface area is 93.3 Å². The molecule has 1 aromatic carbocycles. The zero-order chi connectivity index (χ0) is 11.7. The molecule has 0 amide bonds. The van der Waals surface area contributed by atoms with Gasteiger partial charge >= 0.3 is 5.97 Å². The molecule has 4 heteroatoms. The molecular weight excluding hydrogens is 204 g/mol. The molecule has 0 saturated carbocycles. The highest BCUT2D eigenvalue weighted by Gasteiger charge is 2.15. The molecule has 0 saturated heterocycles. The standard InChI is InChI=1S/C12H14N2O2/c1-3-10-9-6-8(7(2)12(15)16)4-5-11(9)14-13-10/h4-7H,3H2,1-2H3,(H,13,14)(H,15,16). The van der Waals surface area contributed by atoms with Crippen molar-refractivity contribution in [2.24, 2.45) is 0 Å². The molecule has 0 bridgehead atoms. The third kappa shape index (κ3) is 1.66. The Balaban J connectivity index is 2.53. The van der Waals surface area contributed by atoms with Gasteiger partial charge in [-0.15, -0.1) is 0 Å². The maximum absolute atomic E-state index is 10.9. The van der Waals surface area contributed by atoms with Gasteiger partial charge in [0.1, 0.15) is 0 Å². The van der Waals surface area contributed by atoms with Crippen LogP contribution in [0.5, 0.6) is 0 Å². The fourth-order valence-corrected chi connectivity index (χ4v) is 1.76. The van der Waals surface area contributed by atoms with Crippen LogP contribution in [0.1, 0.15) is 31.0 Å². The molecule has 0 aliphatic heterocycles. The Bertz CT molecular complexity index is 531. The van der Waals surface area contributed by atoms with E-state index in [1.807, 2.05) is 25.1 Å². The number of aromatic amines is 1. The predicted octanol–water partition coefficient (Wildman–Crippen LogP) is 2.31. The van der Waals surface area contributed by atoms with E-state index in [1.54, 1.807) is 6.92 Å². The lowest BCUT2D eigenvalue weighted by molar-refractivity contribution is -0.138.